The number of ether oxygens (including phenoxy) is 1. The molecule has 2 aromatic rings. The molecule has 2 aromatic heterocycles. The largest absolute Gasteiger partial charge is 0.444 e. The third-order valence-corrected chi connectivity index (χ3v) is 4.83. The molecule has 0 radical (unpaired) electrons. The van der Waals surface area contributed by atoms with Crippen molar-refractivity contribution in [3.63, 3.8) is 0 Å². The number of carbonyl (C=O) groups is 1. The van der Waals surface area contributed by atoms with Crippen molar-refractivity contribution in [2.24, 2.45) is 7.05 Å². The molecule has 0 spiro atoms. The standard InChI is InChI=1S/C20H28N6O4/c1-6-7-11-26-14-15(24(5)18(28)23-16(14)27)22-17(26)25-10-8-9-13(12-25)21-19(29)30-20(2,3)4/h13H,8-12H2,1-5H3,(H,21,29)(H,23,27,28)/t13-/m1/s1. The molecule has 1 saturated heterocycles. The summed E-state index contributed by atoms with van der Waals surface area (Å²) in [7, 11) is 1.57. The second-order valence-corrected chi connectivity index (χ2v) is 8.35. The van der Waals surface area contributed by atoms with Gasteiger partial charge in [0, 0.05) is 26.2 Å². The van der Waals surface area contributed by atoms with E-state index in [2.05, 4.69) is 27.1 Å². The number of aromatic nitrogens is 4. The number of alkyl carbamates (subject to hydrolysis) is 1. The van der Waals surface area contributed by atoms with Crippen molar-refractivity contribution in [2.75, 3.05) is 18.0 Å². The second-order valence-electron chi connectivity index (χ2n) is 8.35. The van der Waals surface area contributed by atoms with Crippen LogP contribution in [0.3, 0.4) is 0 Å². The highest BCUT2D eigenvalue weighted by Gasteiger charge is 2.28. The zero-order valence-electron chi connectivity index (χ0n) is 18.0. The molecule has 1 amide bonds. The number of nitrogens with one attached hydrogen (secondary N) is 2. The Kier molecular flexibility index (Phi) is 5.92. The Hall–Kier alpha value is -3.22. The summed E-state index contributed by atoms with van der Waals surface area (Å²) in [6.07, 6.45) is 1.18. The van der Waals surface area contributed by atoms with Gasteiger partial charge in [-0.15, -0.1) is 5.92 Å². The lowest BCUT2D eigenvalue weighted by Gasteiger charge is -2.34. The number of carbonyl (C=O) groups excluding carboxylic acids is 1. The van der Waals surface area contributed by atoms with Crippen molar-refractivity contribution >= 4 is 23.2 Å². The normalized spacial score (nSPS) is 16.8. The van der Waals surface area contributed by atoms with Gasteiger partial charge in [-0.3, -0.25) is 18.9 Å². The molecule has 2 N–H and O–H groups in total. The third kappa shape index (κ3) is 4.50. The van der Waals surface area contributed by atoms with Gasteiger partial charge >= 0.3 is 11.8 Å². The van der Waals surface area contributed by atoms with E-state index in [1.54, 1.807) is 18.5 Å². The number of hydrogen-bond acceptors (Lipinski definition) is 6. The maximum absolute atomic E-state index is 12.5. The van der Waals surface area contributed by atoms with E-state index in [-0.39, 0.29) is 12.6 Å². The molecule has 10 heteroatoms. The number of rotatable bonds is 3. The molecule has 1 aliphatic heterocycles. The fraction of sp³-hybridized carbons (Fsp3) is 0.600. The minimum absolute atomic E-state index is 0.124. The zero-order valence-corrected chi connectivity index (χ0v) is 18.0. The quantitative estimate of drug-likeness (QED) is 0.720. The molecule has 1 atom stereocenters. The number of piperidine rings is 1. The molecule has 0 aliphatic carbocycles. The van der Waals surface area contributed by atoms with Gasteiger partial charge in [0.1, 0.15) is 5.60 Å². The Morgan fingerprint density at radius 1 is 1.37 bits per heavy atom. The smallest absolute Gasteiger partial charge is 0.407 e. The van der Waals surface area contributed by atoms with Crippen LogP contribution in [0.1, 0.15) is 40.5 Å². The molecule has 30 heavy (non-hydrogen) atoms. The van der Waals surface area contributed by atoms with Gasteiger partial charge in [-0.05, 0) is 40.5 Å². The number of fused-ring (bicyclic) bond motifs is 1. The van der Waals surface area contributed by atoms with Gasteiger partial charge in [0.15, 0.2) is 11.2 Å². The molecule has 1 fully saturated rings. The van der Waals surface area contributed by atoms with E-state index < -0.39 is 22.9 Å². The lowest BCUT2D eigenvalue weighted by molar-refractivity contribution is 0.0500. The number of imidazole rings is 1. The number of H-pyrrole nitrogens is 1. The van der Waals surface area contributed by atoms with Crippen LogP contribution in [0.25, 0.3) is 11.2 Å². The summed E-state index contributed by atoms with van der Waals surface area (Å²) >= 11 is 0. The molecular weight excluding hydrogens is 388 g/mol. The summed E-state index contributed by atoms with van der Waals surface area (Å²) in [4.78, 5) is 45.6. The van der Waals surface area contributed by atoms with E-state index in [9.17, 15) is 14.4 Å². The van der Waals surface area contributed by atoms with Gasteiger partial charge in [0.2, 0.25) is 5.95 Å². The number of nitrogens with zero attached hydrogens (tertiary/aromatic N) is 4. The third-order valence-electron chi connectivity index (χ3n) is 4.83. The number of aryl methyl sites for hydroxylation is 1. The minimum atomic E-state index is -0.572. The van der Waals surface area contributed by atoms with Crippen LogP contribution in [0.4, 0.5) is 10.7 Å². The Morgan fingerprint density at radius 2 is 2.10 bits per heavy atom. The first-order valence-corrected chi connectivity index (χ1v) is 9.94. The predicted molar refractivity (Wildman–Crippen MR) is 114 cm³/mol. The number of anilines is 1. The van der Waals surface area contributed by atoms with Crippen LogP contribution in [0.15, 0.2) is 9.59 Å². The summed E-state index contributed by atoms with van der Waals surface area (Å²) in [6.45, 7) is 8.66. The molecule has 10 nitrogen and oxygen atoms in total. The van der Waals surface area contributed by atoms with E-state index in [1.807, 2.05) is 25.7 Å². The number of aromatic amines is 1. The van der Waals surface area contributed by atoms with Crippen LogP contribution in [0.5, 0.6) is 0 Å². The Labute approximate surface area is 174 Å². The van der Waals surface area contributed by atoms with Crippen molar-refractivity contribution in [2.45, 2.75) is 58.7 Å². The Balaban J connectivity index is 1.95. The fourth-order valence-corrected chi connectivity index (χ4v) is 3.52. The van der Waals surface area contributed by atoms with Gasteiger partial charge in [0.25, 0.3) is 5.56 Å². The van der Waals surface area contributed by atoms with Crippen molar-refractivity contribution in [3.05, 3.63) is 20.8 Å². The molecule has 0 aromatic carbocycles. The van der Waals surface area contributed by atoms with Gasteiger partial charge in [0.05, 0.1) is 6.54 Å². The minimum Gasteiger partial charge on any atom is -0.444 e. The first-order valence-electron chi connectivity index (χ1n) is 9.94. The van der Waals surface area contributed by atoms with Crippen LogP contribution >= 0.6 is 0 Å². The molecule has 3 rings (SSSR count). The van der Waals surface area contributed by atoms with Crippen LogP contribution in [0.2, 0.25) is 0 Å². The summed E-state index contributed by atoms with van der Waals surface area (Å²) in [5.74, 6) is 6.35. The Bertz CT molecular complexity index is 1120. The number of amides is 1. The van der Waals surface area contributed by atoms with Gasteiger partial charge in [-0.25, -0.2) is 9.59 Å². The lowest BCUT2D eigenvalue weighted by atomic mass is 10.1. The maximum Gasteiger partial charge on any atom is 0.407 e. The molecule has 1 aliphatic rings. The second kappa shape index (κ2) is 8.26. The van der Waals surface area contributed by atoms with E-state index in [1.165, 1.54) is 4.57 Å². The summed E-state index contributed by atoms with van der Waals surface area (Å²) in [5, 5.41) is 2.91. The summed E-state index contributed by atoms with van der Waals surface area (Å²) in [5.41, 5.74) is -0.980. The molecular formula is C20H28N6O4. The fourth-order valence-electron chi connectivity index (χ4n) is 3.52. The average Bonchev–Trinajstić information content (AvgIpc) is 3.03. The Morgan fingerprint density at radius 3 is 2.77 bits per heavy atom. The van der Waals surface area contributed by atoms with E-state index in [0.717, 1.165) is 12.8 Å². The molecule has 162 valence electrons. The van der Waals surface area contributed by atoms with Crippen LogP contribution < -0.4 is 21.5 Å². The van der Waals surface area contributed by atoms with Crippen LogP contribution in [-0.4, -0.2) is 49.9 Å². The summed E-state index contributed by atoms with van der Waals surface area (Å²) in [6, 6.07) is -0.124. The van der Waals surface area contributed by atoms with E-state index >= 15 is 0 Å². The SMILES string of the molecule is CC#CCn1c(N2CCC[C@@H](NC(=O)OC(C)(C)C)C2)nc2c1c(=O)[nH]c(=O)n2C. The predicted octanol–water partition coefficient (Wildman–Crippen LogP) is 0.940. The molecule has 0 bridgehead atoms. The zero-order chi connectivity index (χ0) is 22.1. The number of hydrogen-bond donors (Lipinski definition) is 2. The van der Waals surface area contributed by atoms with Crippen molar-refractivity contribution in [1.82, 2.24) is 24.4 Å². The first kappa shape index (κ1) is 21.5. The van der Waals surface area contributed by atoms with Crippen molar-refractivity contribution in [3.8, 4) is 11.8 Å². The highest BCUT2D eigenvalue weighted by Crippen LogP contribution is 2.23. The van der Waals surface area contributed by atoms with Crippen LogP contribution in [-0.2, 0) is 18.3 Å². The van der Waals surface area contributed by atoms with Gasteiger partial charge in [-0.1, -0.05) is 5.92 Å². The molecule has 0 unspecified atom stereocenters. The van der Waals surface area contributed by atoms with Crippen molar-refractivity contribution < 1.29 is 9.53 Å². The topological polar surface area (TPSA) is 114 Å². The monoisotopic (exact) mass is 416 g/mol. The highest BCUT2D eigenvalue weighted by molar-refractivity contribution is 5.74. The van der Waals surface area contributed by atoms with E-state index in [0.29, 0.717) is 30.2 Å². The van der Waals surface area contributed by atoms with Gasteiger partial charge in [-0.2, -0.15) is 4.98 Å². The highest BCUT2D eigenvalue weighted by atomic mass is 16.6. The van der Waals surface area contributed by atoms with Crippen LogP contribution in [0, 0.1) is 11.8 Å². The van der Waals surface area contributed by atoms with Gasteiger partial charge < -0.3 is 15.0 Å². The first-order chi connectivity index (χ1) is 14.1. The van der Waals surface area contributed by atoms with Crippen molar-refractivity contribution in [1.29, 1.82) is 0 Å². The lowest BCUT2D eigenvalue weighted by Crippen LogP contribution is -2.49. The van der Waals surface area contributed by atoms with E-state index in [4.69, 9.17) is 4.74 Å². The average molecular weight is 416 g/mol. The maximum atomic E-state index is 12.5. The molecule has 3 heterocycles. The summed E-state index contributed by atoms with van der Waals surface area (Å²) < 4.78 is 8.40. The molecule has 0 saturated carbocycles.